The Bertz CT molecular complexity index is 676. The summed E-state index contributed by atoms with van der Waals surface area (Å²) in [6, 6.07) is 7.65. The molecule has 6 heteroatoms. The summed E-state index contributed by atoms with van der Waals surface area (Å²) in [7, 11) is 1.63. The summed E-state index contributed by atoms with van der Waals surface area (Å²) in [6.45, 7) is 3.39. The van der Waals surface area contributed by atoms with Crippen LogP contribution in [0.25, 0.3) is 0 Å². The van der Waals surface area contributed by atoms with Gasteiger partial charge in [0.2, 0.25) is 11.8 Å². The van der Waals surface area contributed by atoms with Crippen LogP contribution in [0.5, 0.6) is 5.75 Å². The van der Waals surface area contributed by atoms with Crippen molar-refractivity contribution < 1.29 is 14.3 Å². The van der Waals surface area contributed by atoms with Gasteiger partial charge < -0.3 is 20.7 Å². The van der Waals surface area contributed by atoms with Crippen molar-refractivity contribution in [2.24, 2.45) is 17.6 Å². The van der Waals surface area contributed by atoms with Gasteiger partial charge >= 0.3 is 0 Å². The van der Waals surface area contributed by atoms with E-state index in [2.05, 4.69) is 12.2 Å². The molecule has 3 rings (SSSR count). The number of nitrogens with two attached hydrogens (primary N) is 1. The lowest BCUT2D eigenvalue weighted by Gasteiger charge is -2.29. The van der Waals surface area contributed by atoms with Crippen LogP contribution in [0.3, 0.4) is 0 Å². The van der Waals surface area contributed by atoms with Gasteiger partial charge in [-0.1, -0.05) is 31.9 Å². The van der Waals surface area contributed by atoms with Crippen molar-refractivity contribution in [2.75, 3.05) is 20.2 Å². The molecule has 0 radical (unpaired) electrons. The van der Waals surface area contributed by atoms with E-state index < -0.39 is 0 Å². The zero-order valence-electron chi connectivity index (χ0n) is 17.0. The van der Waals surface area contributed by atoms with E-state index in [1.165, 1.54) is 0 Å². The highest BCUT2D eigenvalue weighted by atomic mass is 16.5. The summed E-state index contributed by atoms with van der Waals surface area (Å²) in [5.41, 5.74) is 6.86. The number of hydrogen-bond acceptors (Lipinski definition) is 4. The maximum absolute atomic E-state index is 13.2. The standard InChI is InChI=1S/C22H33N3O3/c1-3-4-12-25-20(26)13-18(21(25)15-8-10-17(28-2)11-9-15)22(27)24-19-7-5-6-16(19)14-23/h8-11,16,18-19,21H,3-7,12-14,23H2,1-2H3,(H,24,27). The first kappa shape index (κ1) is 20.6. The molecule has 1 heterocycles. The highest BCUT2D eigenvalue weighted by molar-refractivity contribution is 5.90. The molecule has 3 N–H and O–H groups in total. The number of nitrogens with one attached hydrogen (secondary N) is 1. The van der Waals surface area contributed by atoms with E-state index >= 15 is 0 Å². The van der Waals surface area contributed by atoms with Crippen LogP contribution in [-0.4, -0.2) is 43.0 Å². The molecule has 4 unspecified atom stereocenters. The number of nitrogens with zero attached hydrogens (tertiary/aromatic N) is 1. The maximum Gasteiger partial charge on any atom is 0.226 e. The number of rotatable bonds is 8. The Morgan fingerprint density at radius 3 is 2.68 bits per heavy atom. The monoisotopic (exact) mass is 387 g/mol. The molecule has 6 nitrogen and oxygen atoms in total. The Morgan fingerprint density at radius 2 is 2.04 bits per heavy atom. The Kier molecular flexibility index (Phi) is 6.94. The summed E-state index contributed by atoms with van der Waals surface area (Å²) in [6.07, 6.45) is 5.35. The molecule has 1 saturated heterocycles. The summed E-state index contributed by atoms with van der Waals surface area (Å²) >= 11 is 0. The molecule has 2 fully saturated rings. The number of hydrogen-bond donors (Lipinski definition) is 2. The van der Waals surface area contributed by atoms with Gasteiger partial charge in [0.05, 0.1) is 19.1 Å². The molecule has 0 aromatic heterocycles. The largest absolute Gasteiger partial charge is 0.497 e. The van der Waals surface area contributed by atoms with E-state index in [0.717, 1.165) is 43.4 Å². The molecule has 28 heavy (non-hydrogen) atoms. The van der Waals surface area contributed by atoms with Gasteiger partial charge in [0.25, 0.3) is 0 Å². The van der Waals surface area contributed by atoms with E-state index in [-0.39, 0.29) is 36.2 Å². The topological polar surface area (TPSA) is 84.7 Å². The van der Waals surface area contributed by atoms with Gasteiger partial charge in [0, 0.05) is 19.0 Å². The molecule has 1 aliphatic heterocycles. The van der Waals surface area contributed by atoms with Gasteiger partial charge in [-0.25, -0.2) is 0 Å². The Labute approximate surface area is 167 Å². The van der Waals surface area contributed by atoms with Crippen LogP contribution >= 0.6 is 0 Å². The van der Waals surface area contributed by atoms with Crippen molar-refractivity contribution in [2.45, 2.75) is 57.5 Å². The number of carbonyl (C=O) groups excluding carboxylic acids is 2. The maximum atomic E-state index is 13.2. The molecule has 1 aromatic carbocycles. The number of benzene rings is 1. The predicted molar refractivity (Wildman–Crippen MR) is 109 cm³/mol. The molecule has 2 aliphatic rings. The number of carbonyl (C=O) groups is 2. The van der Waals surface area contributed by atoms with Crippen LogP contribution < -0.4 is 15.8 Å². The van der Waals surface area contributed by atoms with Gasteiger partial charge in [-0.2, -0.15) is 0 Å². The Balaban J connectivity index is 1.82. The molecule has 0 spiro atoms. The van der Waals surface area contributed by atoms with Crippen LogP contribution in [0.1, 0.15) is 57.1 Å². The lowest BCUT2D eigenvalue weighted by Crippen LogP contribution is -2.44. The minimum atomic E-state index is -0.364. The number of unbranched alkanes of at least 4 members (excludes halogenated alkanes) is 1. The number of ether oxygens (including phenoxy) is 1. The van der Waals surface area contributed by atoms with Crippen LogP contribution in [0.2, 0.25) is 0 Å². The van der Waals surface area contributed by atoms with Gasteiger partial charge in [0.15, 0.2) is 0 Å². The first-order valence-corrected chi connectivity index (χ1v) is 10.5. The van der Waals surface area contributed by atoms with E-state index in [4.69, 9.17) is 10.5 Å². The second-order valence-corrected chi connectivity index (χ2v) is 8.01. The quantitative estimate of drug-likeness (QED) is 0.718. The third-order valence-corrected chi connectivity index (χ3v) is 6.27. The molecule has 1 aliphatic carbocycles. The van der Waals surface area contributed by atoms with Gasteiger partial charge in [0.1, 0.15) is 5.75 Å². The Morgan fingerprint density at radius 1 is 1.29 bits per heavy atom. The highest BCUT2D eigenvalue weighted by Crippen LogP contribution is 2.39. The summed E-state index contributed by atoms with van der Waals surface area (Å²) < 4.78 is 5.26. The minimum Gasteiger partial charge on any atom is -0.497 e. The van der Waals surface area contributed by atoms with Crippen LogP contribution in [0, 0.1) is 11.8 Å². The van der Waals surface area contributed by atoms with Gasteiger partial charge in [-0.3, -0.25) is 9.59 Å². The van der Waals surface area contributed by atoms with E-state index in [1.54, 1.807) is 7.11 Å². The van der Waals surface area contributed by atoms with Crippen molar-refractivity contribution in [1.82, 2.24) is 10.2 Å². The molecular formula is C22H33N3O3. The second kappa shape index (κ2) is 9.41. The van der Waals surface area contributed by atoms with Crippen molar-refractivity contribution >= 4 is 11.8 Å². The van der Waals surface area contributed by atoms with Gasteiger partial charge in [-0.15, -0.1) is 0 Å². The molecule has 1 aromatic rings. The summed E-state index contributed by atoms with van der Waals surface area (Å²) in [5, 5.41) is 3.22. The average Bonchev–Trinajstić information content (AvgIpc) is 3.30. The fourth-order valence-corrected chi connectivity index (χ4v) is 4.63. The molecular weight excluding hydrogens is 354 g/mol. The van der Waals surface area contributed by atoms with Crippen LogP contribution in [-0.2, 0) is 9.59 Å². The summed E-state index contributed by atoms with van der Waals surface area (Å²) in [4.78, 5) is 27.8. The van der Waals surface area contributed by atoms with E-state index in [1.807, 2.05) is 29.2 Å². The number of likely N-dealkylation sites (tertiary alicyclic amines) is 1. The lowest BCUT2D eigenvalue weighted by molar-refractivity contribution is -0.129. The average molecular weight is 388 g/mol. The fourth-order valence-electron chi connectivity index (χ4n) is 4.63. The second-order valence-electron chi connectivity index (χ2n) is 8.01. The smallest absolute Gasteiger partial charge is 0.226 e. The molecule has 4 atom stereocenters. The Hall–Kier alpha value is -2.08. The van der Waals surface area contributed by atoms with Crippen molar-refractivity contribution in [3.63, 3.8) is 0 Å². The normalized spacial score (nSPS) is 27.2. The molecule has 0 bridgehead atoms. The van der Waals surface area contributed by atoms with Crippen LogP contribution in [0.4, 0.5) is 0 Å². The highest BCUT2D eigenvalue weighted by Gasteiger charge is 2.45. The van der Waals surface area contributed by atoms with E-state index in [9.17, 15) is 9.59 Å². The van der Waals surface area contributed by atoms with Crippen molar-refractivity contribution in [3.05, 3.63) is 29.8 Å². The zero-order valence-corrected chi connectivity index (χ0v) is 17.0. The first-order valence-electron chi connectivity index (χ1n) is 10.5. The first-order chi connectivity index (χ1) is 13.6. The van der Waals surface area contributed by atoms with Crippen molar-refractivity contribution in [3.8, 4) is 5.75 Å². The van der Waals surface area contributed by atoms with Gasteiger partial charge in [-0.05, 0) is 49.4 Å². The zero-order chi connectivity index (χ0) is 20.1. The van der Waals surface area contributed by atoms with Crippen molar-refractivity contribution in [1.29, 1.82) is 0 Å². The van der Waals surface area contributed by atoms with Crippen LogP contribution in [0.15, 0.2) is 24.3 Å². The van der Waals surface area contributed by atoms with E-state index in [0.29, 0.717) is 19.0 Å². The minimum absolute atomic E-state index is 0.0153. The predicted octanol–water partition coefficient (Wildman–Crippen LogP) is 2.63. The SMILES string of the molecule is CCCCN1C(=O)CC(C(=O)NC2CCCC2CN)C1c1ccc(OC)cc1. The fraction of sp³-hybridized carbons (Fsp3) is 0.636. The third-order valence-electron chi connectivity index (χ3n) is 6.27. The lowest BCUT2D eigenvalue weighted by atomic mass is 9.91. The molecule has 2 amide bonds. The third kappa shape index (κ3) is 4.32. The molecule has 1 saturated carbocycles. The molecule has 154 valence electrons. The number of amides is 2. The number of methoxy groups -OCH3 is 1. The summed E-state index contributed by atoms with van der Waals surface area (Å²) in [5.74, 6) is 0.800.